The lowest BCUT2D eigenvalue weighted by molar-refractivity contribution is 0.389. The Bertz CT molecular complexity index is 452. The van der Waals surface area contributed by atoms with Crippen molar-refractivity contribution in [3.63, 3.8) is 0 Å². The smallest absolute Gasteiger partial charge is 0.107 e. The van der Waals surface area contributed by atoms with Crippen LogP contribution in [0.15, 0.2) is 29.2 Å². The van der Waals surface area contributed by atoms with E-state index in [1.165, 1.54) is 10.5 Å². The second kappa shape index (κ2) is 5.77. The summed E-state index contributed by atoms with van der Waals surface area (Å²) >= 11 is 1.87. The molecular formula is C15H20N2S. The van der Waals surface area contributed by atoms with Crippen LogP contribution in [-0.2, 0) is 0 Å². The average molecular weight is 260 g/mol. The first-order chi connectivity index (χ1) is 8.64. The van der Waals surface area contributed by atoms with E-state index in [-0.39, 0.29) is 0 Å². The molecule has 18 heavy (non-hydrogen) atoms. The van der Waals surface area contributed by atoms with Crippen molar-refractivity contribution < 1.29 is 0 Å². The van der Waals surface area contributed by atoms with Gasteiger partial charge in [0, 0.05) is 4.90 Å². The molecule has 1 aromatic carbocycles. The van der Waals surface area contributed by atoms with Gasteiger partial charge in [0.2, 0.25) is 0 Å². The molecule has 0 spiro atoms. The number of thioether (sulfide) groups is 1. The van der Waals surface area contributed by atoms with Gasteiger partial charge in [-0.25, -0.2) is 0 Å². The topological polar surface area (TPSA) is 49.8 Å². The summed E-state index contributed by atoms with van der Waals surface area (Å²) in [6, 6.07) is 10.9. The minimum atomic E-state index is -0.562. The van der Waals surface area contributed by atoms with Gasteiger partial charge in [0.15, 0.2) is 0 Å². The van der Waals surface area contributed by atoms with Crippen LogP contribution in [-0.4, -0.2) is 11.3 Å². The fourth-order valence-corrected chi connectivity index (χ4v) is 3.76. The third-order valence-electron chi connectivity index (χ3n) is 3.80. The van der Waals surface area contributed by atoms with Crippen LogP contribution in [0.4, 0.5) is 0 Å². The van der Waals surface area contributed by atoms with E-state index in [2.05, 4.69) is 37.3 Å². The largest absolute Gasteiger partial charge is 0.313 e. The average Bonchev–Trinajstić information content (AvgIpc) is 2.72. The Morgan fingerprint density at radius 2 is 2.39 bits per heavy atom. The molecule has 3 heteroatoms. The van der Waals surface area contributed by atoms with Gasteiger partial charge in [-0.1, -0.05) is 24.1 Å². The summed E-state index contributed by atoms with van der Waals surface area (Å²) in [4.78, 5) is 1.31. The number of benzene rings is 1. The third-order valence-corrected chi connectivity index (χ3v) is 4.83. The van der Waals surface area contributed by atoms with Crippen LogP contribution >= 0.6 is 11.8 Å². The van der Waals surface area contributed by atoms with Crippen molar-refractivity contribution in [2.24, 2.45) is 11.7 Å². The Labute approximate surface area is 114 Å². The first-order valence-electron chi connectivity index (χ1n) is 6.54. The molecule has 0 heterocycles. The zero-order valence-electron chi connectivity index (χ0n) is 10.9. The van der Waals surface area contributed by atoms with E-state index in [0.29, 0.717) is 5.92 Å². The minimum absolute atomic E-state index is 0.375. The van der Waals surface area contributed by atoms with E-state index >= 15 is 0 Å². The number of hydrogen-bond acceptors (Lipinski definition) is 3. The number of nitrogens with two attached hydrogens (primary N) is 1. The maximum absolute atomic E-state index is 9.17. The second-order valence-corrected chi connectivity index (χ2v) is 6.36. The first-order valence-corrected chi connectivity index (χ1v) is 7.52. The maximum Gasteiger partial charge on any atom is 0.107 e. The molecule has 1 aromatic rings. The monoisotopic (exact) mass is 260 g/mol. The molecule has 1 saturated carbocycles. The SMILES string of the molecule is Cc1cccc(SCCC2CCCC2(N)C#N)c1. The molecule has 1 aliphatic rings. The molecule has 1 aliphatic carbocycles. The Hall–Kier alpha value is -0.980. The summed E-state index contributed by atoms with van der Waals surface area (Å²) in [7, 11) is 0. The molecule has 2 nitrogen and oxygen atoms in total. The summed E-state index contributed by atoms with van der Waals surface area (Å²) < 4.78 is 0. The summed E-state index contributed by atoms with van der Waals surface area (Å²) in [5.41, 5.74) is 6.87. The number of aryl methyl sites for hydroxylation is 1. The van der Waals surface area contributed by atoms with Gasteiger partial charge < -0.3 is 5.73 Å². The summed E-state index contributed by atoms with van der Waals surface area (Å²) in [6.45, 7) is 2.11. The van der Waals surface area contributed by atoms with Gasteiger partial charge >= 0.3 is 0 Å². The third kappa shape index (κ3) is 3.07. The van der Waals surface area contributed by atoms with Crippen LogP contribution < -0.4 is 5.73 Å². The van der Waals surface area contributed by atoms with Crippen molar-refractivity contribution in [3.8, 4) is 6.07 Å². The van der Waals surface area contributed by atoms with Crippen molar-refractivity contribution in [1.82, 2.24) is 0 Å². The molecule has 0 aliphatic heterocycles. The van der Waals surface area contributed by atoms with Crippen LogP contribution in [0.1, 0.15) is 31.2 Å². The van der Waals surface area contributed by atoms with Gasteiger partial charge in [-0.3, -0.25) is 0 Å². The molecule has 2 rings (SSSR count). The van der Waals surface area contributed by atoms with Crippen molar-refractivity contribution in [1.29, 1.82) is 5.26 Å². The Morgan fingerprint density at radius 1 is 1.56 bits per heavy atom. The standard InChI is InChI=1S/C15H20N2S/c1-12-4-2-6-14(10-12)18-9-7-13-5-3-8-15(13,17)11-16/h2,4,6,10,13H,3,5,7-9,17H2,1H3. The van der Waals surface area contributed by atoms with E-state index in [0.717, 1.165) is 31.4 Å². The van der Waals surface area contributed by atoms with Gasteiger partial charge in [-0.05, 0) is 50.0 Å². The fourth-order valence-electron chi connectivity index (χ4n) is 2.68. The number of hydrogen-bond donors (Lipinski definition) is 1. The van der Waals surface area contributed by atoms with E-state index in [9.17, 15) is 0 Å². The quantitative estimate of drug-likeness (QED) is 0.843. The van der Waals surface area contributed by atoms with Gasteiger partial charge in [0.1, 0.15) is 5.54 Å². The molecule has 96 valence electrons. The molecule has 0 bridgehead atoms. The van der Waals surface area contributed by atoms with E-state index < -0.39 is 5.54 Å². The molecule has 0 radical (unpaired) electrons. The van der Waals surface area contributed by atoms with Gasteiger partial charge in [-0.15, -0.1) is 11.8 Å². The normalized spacial score (nSPS) is 27.1. The predicted octanol–water partition coefficient (Wildman–Crippen LogP) is 3.50. The molecule has 1 fully saturated rings. The second-order valence-electron chi connectivity index (χ2n) is 5.19. The number of rotatable bonds is 4. The summed E-state index contributed by atoms with van der Waals surface area (Å²) in [5, 5.41) is 9.17. The number of nitriles is 1. The van der Waals surface area contributed by atoms with Gasteiger partial charge in [0.05, 0.1) is 6.07 Å². The molecule has 2 atom stereocenters. The summed E-state index contributed by atoms with van der Waals surface area (Å²) in [6.07, 6.45) is 4.12. The highest BCUT2D eigenvalue weighted by molar-refractivity contribution is 7.99. The molecule has 0 saturated heterocycles. The lowest BCUT2D eigenvalue weighted by Crippen LogP contribution is -2.41. The maximum atomic E-state index is 9.17. The number of nitrogens with zero attached hydrogens (tertiary/aromatic N) is 1. The molecular weight excluding hydrogens is 240 g/mol. The lowest BCUT2D eigenvalue weighted by atomic mass is 9.88. The van der Waals surface area contributed by atoms with Crippen LogP contribution in [0, 0.1) is 24.2 Å². The highest BCUT2D eigenvalue weighted by Crippen LogP contribution is 2.36. The van der Waals surface area contributed by atoms with E-state index in [1.54, 1.807) is 0 Å². The molecule has 0 aromatic heterocycles. The Morgan fingerprint density at radius 3 is 3.11 bits per heavy atom. The van der Waals surface area contributed by atoms with Crippen LogP contribution in [0.5, 0.6) is 0 Å². The van der Waals surface area contributed by atoms with Gasteiger partial charge in [-0.2, -0.15) is 5.26 Å². The lowest BCUT2D eigenvalue weighted by Gasteiger charge is -2.23. The van der Waals surface area contributed by atoms with Crippen molar-refractivity contribution in [2.45, 2.75) is 43.0 Å². The fraction of sp³-hybridized carbons (Fsp3) is 0.533. The zero-order valence-corrected chi connectivity index (χ0v) is 11.7. The molecule has 2 unspecified atom stereocenters. The van der Waals surface area contributed by atoms with Crippen molar-refractivity contribution >= 4 is 11.8 Å². The van der Waals surface area contributed by atoms with Crippen LogP contribution in [0.3, 0.4) is 0 Å². The van der Waals surface area contributed by atoms with E-state index in [4.69, 9.17) is 11.0 Å². The first kappa shape index (κ1) is 13.5. The van der Waals surface area contributed by atoms with Gasteiger partial charge in [0.25, 0.3) is 0 Å². The van der Waals surface area contributed by atoms with Crippen LogP contribution in [0.2, 0.25) is 0 Å². The predicted molar refractivity (Wildman–Crippen MR) is 76.4 cm³/mol. The molecule has 0 amide bonds. The highest BCUT2D eigenvalue weighted by atomic mass is 32.2. The molecule has 2 N–H and O–H groups in total. The Kier molecular flexibility index (Phi) is 4.31. The van der Waals surface area contributed by atoms with Crippen LogP contribution in [0.25, 0.3) is 0 Å². The van der Waals surface area contributed by atoms with E-state index in [1.807, 2.05) is 11.8 Å². The summed E-state index contributed by atoms with van der Waals surface area (Å²) in [5.74, 6) is 1.43. The Balaban J connectivity index is 1.84. The minimum Gasteiger partial charge on any atom is -0.313 e. The van der Waals surface area contributed by atoms with Crippen molar-refractivity contribution in [2.75, 3.05) is 5.75 Å². The van der Waals surface area contributed by atoms with Crippen molar-refractivity contribution in [3.05, 3.63) is 29.8 Å². The highest BCUT2D eigenvalue weighted by Gasteiger charge is 2.39. The zero-order chi connectivity index (χ0) is 13.0.